The molecule has 3 unspecified atom stereocenters. The highest BCUT2D eigenvalue weighted by Crippen LogP contribution is 2.53. The Morgan fingerprint density at radius 3 is 2.29 bits per heavy atom. The van der Waals surface area contributed by atoms with Crippen molar-refractivity contribution in [1.82, 2.24) is 4.90 Å². The number of fused-ring (bicyclic) bond motifs is 3. The van der Waals surface area contributed by atoms with Gasteiger partial charge in [0.2, 0.25) is 5.78 Å². The van der Waals surface area contributed by atoms with Crippen LogP contribution >= 0.6 is 22.6 Å². The Bertz CT molecular complexity index is 1250. The van der Waals surface area contributed by atoms with E-state index in [9.17, 15) is 39.9 Å². The van der Waals surface area contributed by atoms with Gasteiger partial charge in [-0.25, -0.2) is 0 Å². The van der Waals surface area contributed by atoms with Crippen molar-refractivity contribution < 1.29 is 39.9 Å². The average Bonchev–Trinajstić information content (AvgIpc) is 2.75. The summed E-state index contributed by atoms with van der Waals surface area (Å²) in [5.41, 5.74) is 1.99. The molecular formula is C23H26IN3O8. The van der Waals surface area contributed by atoms with Gasteiger partial charge in [-0.2, -0.15) is 0 Å². The molecule has 0 fully saturated rings. The summed E-state index contributed by atoms with van der Waals surface area (Å²) in [5.74, 6) is -8.28. The number of benzene rings is 1. The molecule has 4 rings (SSSR count). The van der Waals surface area contributed by atoms with Crippen LogP contribution in [-0.2, 0) is 16.0 Å². The van der Waals surface area contributed by atoms with E-state index in [2.05, 4.69) is 0 Å². The van der Waals surface area contributed by atoms with Crippen molar-refractivity contribution in [3.8, 4) is 5.75 Å². The van der Waals surface area contributed by atoms with Crippen molar-refractivity contribution in [2.75, 3.05) is 33.1 Å². The molecule has 5 atom stereocenters. The number of rotatable bonds is 3. The van der Waals surface area contributed by atoms with E-state index in [4.69, 9.17) is 5.73 Å². The third-order valence-electron chi connectivity index (χ3n) is 7.22. The van der Waals surface area contributed by atoms with Gasteiger partial charge in [-0.15, -0.1) is 0 Å². The highest BCUT2D eigenvalue weighted by atomic mass is 127. The summed E-state index contributed by atoms with van der Waals surface area (Å²) >= 11 is 1.86. The molecule has 0 aromatic heterocycles. The predicted molar refractivity (Wildman–Crippen MR) is 132 cm³/mol. The van der Waals surface area contributed by atoms with Crippen LogP contribution in [0.1, 0.15) is 15.9 Å². The van der Waals surface area contributed by atoms with Crippen LogP contribution < -0.4 is 10.6 Å². The van der Waals surface area contributed by atoms with Crippen molar-refractivity contribution in [1.29, 1.82) is 0 Å². The molecular weight excluding hydrogens is 573 g/mol. The van der Waals surface area contributed by atoms with Crippen LogP contribution in [0.4, 0.5) is 5.69 Å². The van der Waals surface area contributed by atoms with Crippen LogP contribution in [-0.4, -0.2) is 93.8 Å². The van der Waals surface area contributed by atoms with E-state index in [-0.39, 0.29) is 17.7 Å². The first kappa shape index (κ1) is 25.4. The average molecular weight is 599 g/mol. The quantitative estimate of drug-likeness (QED) is 0.200. The molecule has 0 bridgehead atoms. The van der Waals surface area contributed by atoms with Gasteiger partial charge in [-0.05, 0) is 54.7 Å². The lowest BCUT2D eigenvalue weighted by atomic mass is 9.57. The van der Waals surface area contributed by atoms with Gasteiger partial charge in [0.25, 0.3) is 5.91 Å². The Morgan fingerprint density at radius 2 is 1.77 bits per heavy atom. The number of carbonyl (C=O) groups excluding carboxylic acids is 3. The van der Waals surface area contributed by atoms with E-state index in [0.29, 0.717) is 14.8 Å². The number of hydrogen-bond acceptors (Lipinski definition) is 10. The Labute approximate surface area is 214 Å². The topological polar surface area (TPSA) is 185 Å². The standard InChI is InChI=1S/C23H26IN3O8/c1-26(2)10-6-9(24)17(29)11-7(10)5-8-12(18(11)30)20(32)23(35)14(16(8)28)15(27(3)4)19(31)13(21(23)33)22(25)34/h6,8,14-16,28-29,31-32,35H,5H2,1-4H3,(H2,25,34)/t8?,14?,15-,16?,23-/m0/s1. The summed E-state index contributed by atoms with van der Waals surface area (Å²) in [7, 11) is 6.48. The number of nitrogens with zero attached hydrogens (tertiary/aromatic N) is 2. The lowest BCUT2D eigenvalue weighted by Gasteiger charge is -2.52. The van der Waals surface area contributed by atoms with Crippen molar-refractivity contribution in [3.05, 3.63) is 43.4 Å². The van der Waals surface area contributed by atoms with Crippen molar-refractivity contribution in [2.24, 2.45) is 17.6 Å². The predicted octanol–water partition coefficient (Wildman–Crippen LogP) is -0.238. The molecule has 1 aromatic rings. The zero-order chi connectivity index (χ0) is 26.3. The first-order valence-corrected chi connectivity index (χ1v) is 11.8. The Kier molecular flexibility index (Phi) is 5.94. The van der Waals surface area contributed by atoms with E-state index in [1.807, 2.05) is 22.6 Å². The molecule has 1 amide bonds. The molecule has 3 aliphatic rings. The number of amides is 1. The maximum absolute atomic E-state index is 13.7. The number of ketones is 2. The fourth-order valence-electron chi connectivity index (χ4n) is 5.68. The van der Waals surface area contributed by atoms with Crippen LogP contribution in [0.3, 0.4) is 0 Å². The number of hydrogen-bond donors (Lipinski definition) is 6. The number of aliphatic hydroxyl groups excluding tert-OH is 3. The van der Waals surface area contributed by atoms with E-state index >= 15 is 0 Å². The van der Waals surface area contributed by atoms with E-state index in [0.717, 1.165) is 0 Å². The van der Waals surface area contributed by atoms with E-state index in [1.165, 1.54) is 19.0 Å². The SMILES string of the molecule is CN(C)c1cc(I)c(O)c2c1CC1C(=C(O)[C@]3(O)C(=O)C(C(N)=O)=C(O)[C@@H](N(C)C)C3C1O)C2=O. The number of halogens is 1. The van der Waals surface area contributed by atoms with Crippen molar-refractivity contribution in [3.63, 3.8) is 0 Å². The van der Waals surface area contributed by atoms with Gasteiger partial charge in [0, 0.05) is 31.3 Å². The minimum Gasteiger partial charge on any atom is -0.510 e. The summed E-state index contributed by atoms with van der Waals surface area (Å²) in [6, 6.07) is 0.400. The Balaban J connectivity index is 2.05. The van der Waals surface area contributed by atoms with Gasteiger partial charge in [0.15, 0.2) is 11.4 Å². The summed E-state index contributed by atoms with van der Waals surface area (Å²) in [4.78, 5) is 42.1. The number of likely N-dealkylation sites (N-methyl/N-ethyl adjacent to an activating group) is 1. The molecule has 3 aliphatic carbocycles. The molecule has 0 spiro atoms. The second kappa shape index (κ2) is 8.18. The zero-order valence-electron chi connectivity index (χ0n) is 19.4. The van der Waals surface area contributed by atoms with Crippen LogP contribution in [0.2, 0.25) is 0 Å². The third-order valence-corrected chi connectivity index (χ3v) is 8.04. The summed E-state index contributed by atoms with van der Waals surface area (Å²) < 4.78 is 0.371. The Morgan fingerprint density at radius 1 is 1.17 bits per heavy atom. The maximum atomic E-state index is 13.7. The molecule has 0 radical (unpaired) electrons. The highest BCUT2D eigenvalue weighted by Gasteiger charge is 2.66. The van der Waals surface area contributed by atoms with Crippen molar-refractivity contribution >= 4 is 45.8 Å². The van der Waals surface area contributed by atoms with Gasteiger partial charge in [-0.3, -0.25) is 19.3 Å². The van der Waals surface area contributed by atoms with Gasteiger partial charge in [0.05, 0.1) is 27.2 Å². The molecule has 1 aromatic carbocycles. The monoisotopic (exact) mass is 599 g/mol. The van der Waals surface area contributed by atoms with Gasteiger partial charge in [0.1, 0.15) is 22.8 Å². The lowest BCUT2D eigenvalue weighted by Crippen LogP contribution is -2.68. The van der Waals surface area contributed by atoms with Gasteiger partial charge in [-0.1, -0.05) is 0 Å². The van der Waals surface area contributed by atoms with E-state index < -0.39 is 69.7 Å². The van der Waals surface area contributed by atoms with Gasteiger partial charge >= 0.3 is 0 Å². The number of phenolic OH excluding ortho intramolecular Hbond substituents is 1. The minimum absolute atomic E-state index is 0.00625. The number of phenols is 1. The fourth-order valence-corrected chi connectivity index (χ4v) is 6.24. The zero-order valence-corrected chi connectivity index (χ0v) is 21.6. The molecule has 0 heterocycles. The second-order valence-corrected chi connectivity index (χ2v) is 10.7. The van der Waals surface area contributed by atoms with Crippen LogP contribution in [0.5, 0.6) is 5.75 Å². The third kappa shape index (κ3) is 3.23. The number of nitrogens with two attached hydrogens (primary N) is 1. The van der Waals surface area contributed by atoms with Crippen LogP contribution in [0, 0.1) is 15.4 Å². The summed E-state index contributed by atoms with van der Waals surface area (Å²) in [5, 5.41) is 55.9. The molecule has 7 N–H and O–H groups in total. The normalized spacial score (nSPS) is 30.3. The highest BCUT2D eigenvalue weighted by molar-refractivity contribution is 14.1. The number of aliphatic hydroxyl groups is 4. The molecule has 188 valence electrons. The number of anilines is 1. The minimum atomic E-state index is -2.91. The molecule has 0 aliphatic heterocycles. The second-order valence-electron chi connectivity index (χ2n) is 9.52. The van der Waals surface area contributed by atoms with Crippen molar-refractivity contribution in [2.45, 2.75) is 24.2 Å². The first-order chi connectivity index (χ1) is 16.2. The van der Waals surface area contributed by atoms with Crippen LogP contribution in [0.25, 0.3) is 0 Å². The first-order valence-electron chi connectivity index (χ1n) is 10.7. The maximum Gasteiger partial charge on any atom is 0.255 e. The fraction of sp³-hybridized carbons (Fsp3) is 0.435. The number of Topliss-reactive ketones (excluding diaryl/α,β-unsaturated/α-hetero) is 2. The van der Waals surface area contributed by atoms with E-state index in [1.54, 1.807) is 25.1 Å². The molecule has 0 saturated carbocycles. The number of primary amides is 1. The number of aromatic hydroxyl groups is 1. The summed E-state index contributed by atoms with van der Waals surface area (Å²) in [6.07, 6.45) is -1.61. The van der Waals surface area contributed by atoms with Crippen LogP contribution in [0.15, 0.2) is 28.7 Å². The lowest BCUT2D eigenvalue weighted by molar-refractivity contribution is -0.161. The smallest absolute Gasteiger partial charge is 0.255 e. The molecule has 0 saturated heterocycles. The largest absolute Gasteiger partial charge is 0.510 e. The molecule has 12 heteroatoms. The summed E-state index contributed by atoms with van der Waals surface area (Å²) in [6.45, 7) is 0. The Hall–Kier alpha value is -2.68. The van der Waals surface area contributed by atoms with Gasteiger partial charge < -0.3 is 36.2 Å². The molecule has 11 nitrogen and oxygen atoms in total. The number of carbonyl (C=O) groups is 3. The molecule has 35 heavy (non-hydrogen) atoms.